The van der Waals surface area contributed by atoms with E-state index in [9.17, 15) is 14.2 Å². The molecule has 2 aromatic rings. The summed E-state index contributed by atoms with van der Waals surface area (Å²) in [4.78, 5) is 26.8. The first-order valence-corrected chi connectivity index (χ1v) is 8.49. The molecule has 9 heteroatoms. The molecule has 120 valence electrons. The molecular formula is C14H14N3O5P. The fourth-order valence-electron chi connectivity index (χ4n) is 3.03. The second-order valence-corrected chi connectivity index (χ2v) is 7.60. The van der Waals surface area contributed by atoms with Crippen LogP contribution in [0.5, 0.6) is 0 Å². The number of H-pyrrole nitrogens is 1. The minimum absolute atomic E-state index is 0.305. The Labute approximate surface area is 130 Å². The van der Waals surface area contributed by atoms with Gasteiger partial charge in [0, 0.05) is 14.2 Å². The number of aromatic amines is 1. The highest BCUT2D eigenvalue weighted by Gasteiger charge is 2.39. The summed E-state index contributed by atoms with van der Waals surface area (Å²) in [6, 6.07) is 5.17. The summed E-state index contributed by atoms with van der Waals surface area (Å²) in [5, 5.41) is 9.09. The molecule has 1 aromatic heterocycles. The molecule has 0 saturated carbocycles. The molecule has 8 nitrogen and oxygen atoms in total. The molecule has 2 heterocycles. The number of aromatic nitrogens is 2. The smallest absolute Gasteiger partial charge is 0.316 e. The summed E-state index contributed by atoms with van der Waals surface area (Å²) >= 11 is 0. The van der Waals surface area contributed by atoms with E-state index in [1.807, 2.05) is 6.07 Å². The van der Waals surface area contributed by atoms with Crippen LogP contribution in [-0.4, -0.2) is 23.8 Å². The predicted octanol–water partition coefficient (Wildman–Crippen LogP) is 1.49. The molecular weight excluding hydrogens is 321 g/mol. The fourth-order valence-corrected chi connectivity index (χ4v) is 4.62. The van der Waals surface area contributed by atoms with Gasteiger partial charge in [0.1, 0.15) is 5.78 Å². The van der Waals surface area contributed by atoms with Crippen LogP contribution in [0, 0.1) is 11.3 Å². The third kappa shape index (κ3) is 2.25. The molecule has 0 radical (unpaired) electrons. The molecule has 1 N–H and O–H groups in total. The van der Waals surface area contributed by atoms with Gasteiger partial charge in [-0.1, -0.05) is 0 Å². The molecule has 3 rings (SSSR count). The van der Waals surface area contributed by atoms with Crippen LogP contribution < -0.4 is 11.1 Å². The zero-order chi connectivity index (χ0) is 16.8. The zero-order valence-corrected chi connectivity index (χ0v) is 13.4. The van der Waals surface area contributed by atoms with E-state index in [1.54, 1.807) is 6.07 Å². The van der Waals surface area contributed by atoms with Crippen molar-refractivity contribution in [2.75, 3.05) is 14.2 Å². The molecule has 0 amide bonds. The van der Waals surface area contributed by atoms with Gasteiger partial charge in [-0.3, -0.25) is 18.7 Å². The summed E-state index contributed by atoms with van der Waals surface area (Å²) in [5.41, 5.74) is 0.272. The van der Waals surface area contributed by atoms with Crippen LogP contribution in [0.3, 0.4) is 0 Å². The van der Waals surface area contributed by atoms with E-state index in [0.717, 1.165) is 5.56 Å². The minimum atomic E-state index is -3.59. The lowest BCUT2D eigenvalue weighted by Gasteiger charge is -2.31. The molecule has 0 aliphatic carbocycles. The van der Waals surface area contributed by atoms with Crippen LogP contribution in [0.15, 0.2) is 21.7 Å². The Balaban J connectivity index is 2.44. The molecule has 1 unspecified atom stereocenters. The molecule has 1 aliphatic rings. The lowest BCUT2D eigenvalue weighted by Crippen LogP contribution is -2.40. The average molecular weight is 335 g/mol. The molecule has 1 aliphatic heterocycles. The molecule has 0 bridgehead atoms. The maximum atomic E-state index is 12.8. The Bertz CT molecular complexity index is 992. The number of hydrogen-bond donors (Lipinski definition) is 1. The number of aryl methyl sites for hydroxylation is 1. The van der Waals surface area contributed by atoms with Crippen molar-refractivity contribution in [1.29, 1.82) is 5.26 Å². The number of hydrogen-bond acceptors (Lipinski definition) is 6. The van der Waals surface area contributed by atoms with Crippen molar-refractivity contribution in [3.8, 4) is 6.07 Å². The monoisotopic (exact) mass is 335 g/mol. The van der Waals surface area contributed by atoms with Gasteiger partial charge in [0.15, 0.2) is 0 Å². The Morgan fingerprint density at radius 1 is 1.35 bits per heavy atom. The van der Waals surface area contributed by atoms with Crippen LogP contribution in [0.1, 0.15) is 23.3 Å². The van der Waals surface area contributed by atoms with E-state index in [2.05, 4.69) is 4.98 Å². The number of benzene rings is 1. The summed E-state index contributed by atoms with van der Waals surface area (Å²) in [7, 11) is -1.11. The molecule has 0 fully saturated rings. The Kier molecular flexibility index (Phi) is 3.72. The maximum Gasteiger partial charge on any atom is 0.352 e. The largest absolute Gasteiger partial charge is 0.352 e. The van der Waals surface area contributed by atoms with E-state index >= 15 is 0 Å². The Hall–Kier alpha value is -2.20. The van der Waals surface area contributed by atoms with E-state index in [-0.39, 0.29) is 0 Å². The van der Waals surface area contributed by atoms with Crippen molar-refractivity contribution in [1.82, 2.24) is 9.55 Å². The van der Waals surface area contributed by atoms with Gasteiger partial charge >= 0.3 is 18.7 Å². The summed E-state index contributed by atoms with van der Waals surface area (Å²) in [6.45, 7) is 0. The second kappa shape index (κ2) is 5.46. The molecule has 0 saturated heterocycles. The molecule has 23 heavy (non-hydrogen) atoms. The molecule has 1 aromatic carbocycles. The standard InChI is InChI=1S/C14H14N3O5P/c1-21-23(20,22-2)11-4-3-9-5-8(7-15)6-10-12(9)17(11)14(19)13(18)16-10/h5-6,11H,3-4H2,1-2H3,(H,16,18). The fraction of sp³-hybridized carbons (Fsp3) is 0.357. The van der Waals surface area contributed by atoms with Crippen LogP contribution in [-0.2, 0) is 20.0 Å². The van der Waals surface area contributed by atoms with Crippen LogP contribution in [0.4, 0.5) is 0 Å². The summed E-state index contributed by atoms with van der Waals surface area (Å²) < 4.78 is 24.0. The van der Waals surface area contributed by atoms with Gasteiger partial charge in [0.2, 0.25) is 0 Å². The first kappa shape index (κ1) is 15.7. The van der Waals surface area contributed by atoms with Crippen LogP contribution >= 0.6 is 7.60 Å². The van der Waals surface area contributed by atoms with Crippen molar-refractivity contribution in [3.05, 3.63) is 44.0 Å². The van der Waals surface area contributed by atoms with Gasteiger partial charge in [-0.15, -0.1) is 0 Å². The topological polar surface area (TPSA) is 114 Å². The minimum Gasteiger partial charge on any atom is -0.316 e. The maximum absolute atomic E-state index is 12.8. The SMILES string of the molecule is COP(=O)(OC)C1CCc2cc(C#N)cc3[nH]c(=O)c(=O)n1c23. The number of nitrogens with one attached hydrogen (secondary N) is 1. The third-order valence-electron chi connectivity index (χ3n) is 4.06. The highest BCUT2D eigenvalue weighted by Crippen LogP contribution is 2.60. The quantitative estimate of drug-likeness (QED) is 0.671. The van der Waals surface area contributed by atoms with Gasteiger partial charge < -0.3 is 14.0 Å². The molecule has 1 atom stereocenters. The van der Waals surface area contributed by atoms with E-state index in [0.29, 0.717) is 29.4 Å². The van der Waals surface area contributed by atoms with Crippen LogP contribution in [0.25, 0.3) is 11.0 Å². The average Bonchev–Trinajstić information content (AvgIpc) is 2.58. The van der Waals surface area contributed by atoms with Crippen molar-refractivity contribution in [2.45, 2.75) is 18.6 Å². The lowest BCUT2D eigenvalue weighted by molar-refractivity contribution is 0.250. The Morgan fingerprint density at radius 2 is 2.04 bits per heavy atom. The Morgan fingerprint density at radius 3 is 2.65 bits per heavy atom. The van der Waals surface area contributed by atoms with E-state index in [4.69, 9.17) is 14.3 Å². The number of nitriles is 1. The van der Waals surface area contributed by atoms with E-state index in [1.165, 1.54) is 24.9 Å². The third-order valence-corrected chi connectivity index (χ3v) is 6.30. The van der Waals surface area contributed by atoms with Crippen molar-refractivity contribution in [3.63, 3.8) is 0 Å². The first-order valence-electron chi connectivity index (χ1n) is 6.88. The van der Waals surface area contributed by atoms with Crippen molar-refractivity contribution >= 4 is 18.6 Å². The van der Waals surface area contributed by atoms with Gasteiger partial charge in [0.25, 0.3) is 0 Å². The normalized spacial score (nSPS) is 17.2. The predicted molar refractivity (Wildman–Crippen MR) is 82.5 cm³/mol. The van der Waals surface area contributed by atoms with Crippen LogP contribution in [0.2, 0.25) is 0 Å². The molecule has 0 spiro atoms. The number of rotatable bonds is 3. The second-order valence-electron chi connectivity index (χ2n) is 5.20. The summed E-state index contributed by atoms with van der Waals surface area (Å²) in [5.74, 6) is -0.879. The van der Waals surface area contributed by atoms with Gasteiger partial charge in [-0.2, -0.15) is 5.26 Å². The van der Waals surface area contributed by atoms with Crippen molar-refractivity contribution < 1.29 is 13.6 Å². The van der Waals surface area contributed by atoms with Gasteiger partial charge in [0.05, 0.1) is 22.7 Å². The van der Waals surface area contributed by atoms with Gasteiger partial charge in [-0.05, 0) is 30.5 Å². The number of nitrogens with zero attached hydrogens (tertiary/aromatic N) is 2. The zero-order valence-electron chi connectivity index (χ0n) is 12.5. The summed E-state index contributed by atoms with van der Waals surface area (Å²) in [6.07, 6.45) is 0.790. The van der Waals surface area contributed by atoms with E-state index < -0.39 is 24.5 Å². The highest BCUT2D eigenvalue weighted by atomic mass is 31.2. The lowest BCUT2D eigenvalue weighted by atomic mass is 10.0. The first-order chi connectivity index (χ1) is 10.9. The van der Waals surface area contributed by atoms with Crippen molar-refractivity contribution in [2.24, 2.45) is 0 Å². The highest BCUT2D eigenvalue weighted by molar-refractivity contribution is 7.53. The van der Waals surface area contributed by atoms with Gasteiger partial charge in [-0.25, -0.2) is 0 Å².